The van der Waals surface area contributed by atoms with Gasteiger partial charge in [0.15, 0.2) is 0 Å². The molecule has 0 unspecified atom stereocenters. The first-order valence-corrected chi connectivity index (χ1v) is 5.70. The van der Waals surface area contributed by atoms with Crippen molar-refractivity contribution in [1.29, 1.82) is 5.26 Å². The van der Waals surface area contributed by atoms with E-state index in [0.29, 0.717) is 6.07 Å². The van der Waals surface area contributed by atoms with E-state index in [1.165, 1.54) is 19.1 Å². The molecule has 0 aliphatic carbocycles. The highest BCUT2D eigenvalue weighted by Crippen LogP contribution is 2.38. The SMILES string of the molecule is Cc1nc(N)cc(Oc2ccc(C#N)cc2C(F)(F)F)n1. The standard InChI is InChI=1S/C13H9F3N4O/c1-7-19-11(18)5-12(20-7)21-10-3-2-8(6-17)4-9(10)13(14,15)16/h2-5H,1H3,(H2,18,19,20). The number of nitriles is 1. The maximum atomic E-state index is 13.0. The number of alkyl halides is 3. The zero-order valence-corrected chi connectivity index (χ0v) is 10.8. The minimum atomic E-state index is -4.66. The Hall–Kier alpha value is -2.82. The second-order valence-corrected chi connectivity index (χ2v) is 4.10. The number of hydrogen-bond acceptors (Lipinski definition) is 5. The highest BCUT2D eigenvalue weighted by Gasteiger charge is 2.35. The molecule has 2 aromatic rings. The fourth-order valence-electron chi connectivity index (χ4n) is 1.64. The summed E-state index contributed by atoms with van der Waals surface area (Å²) in [7, 11) is 0. The van der Waals surface area contributed by atoms with Crippen molar-refractivity contribution in [2.45, 2.75) is 13.1 Å². The molecule has 2 rings (SSSR count). The van der Waals surface area contributed by atoms with Crippen molar-refractivity contribution in [2.24, 2.45) is 0 Å². The van der Waals surface area contributed by atoms with Gasteiger partial charge in [-0.3, -0.25) is 0 Å². The van der Waals surface area contributed by atoms with Crippen molar-refractivity contribution in [3.8, 4) is 17.7 Å². The van der Waals surface area contributed by atoms with Crippen LogP contribution in [0.1, 0.15) is 17.0 Å². The Morgan fingerprint density at radius 2 is 1.95 bits per heavy atom. The van der Waals surface area contributed by atoms with Gasteiger partial charge in [-0.2, -0.15) is 23.4 Å². The normalized spacial score (nSPS) is 11.0. The number of aryl methyl sites for hydroxylation is 1. The van der Waals surface area contributed by atoms with E-state index in [4.69, 9.17) is 15.7 Å². The summed E-state index contributed by atoms with van der Waals surface area (Å²) in [4.78, 5) is 7.65. The predicted molar refractivity (Wildman–Crippen MR) is 67.4 cm³/mol. The third-order valence-electron chi connectivity index (χ3n) is 2.46. The van der Waals surface area contributed by atoms with E-state index in [9.17, 15) is 13.2 Å². The van der Waals surface area contributed by atoms with Crippen LogP contribution in [0.4, 0.5) is 19.0 Å². The quantitative estimate of drug-likeness (QED) is 0.920. The fourth-order valence-corrected chi connectivity index (χ4v) is 1.64. The van der Waals surface area contributed by atoms with Gasteiger partial charge >= 0.3 is 6.18 Å². The van der Waals surface area contributed by atoms with Crippen molar-refractivity contribution < 1.29 is 17.9 Å². The number of halogens is 3. The lowest BCUT2D eigenvalue weighted by Crippen LogP contribution is -2.08. The summed E-state index contributed by atoms with van der Waals surface area (Å²) in [5, 5.41) is 8.69. The molecule has 0 saturated carbocycles. The third kappa shape index (κ3) is 3.39. The average Bonchev–Trinajstić information content (AvgIpc) is 2.36. The molecule has 1 aromatic carbocycles. The zero-order chi connectivity index (χ0) is 15.6. The van der Waals surface area contributed by atoms with Crippen LogP contribution in [0.25, 0.3) is 0 Å². The number of anilines is 1. The van der Waals surface area contributed by atoms with Gasteiger partial charge in [0.05, 0.1) is 17.2 Å². The van der Waals surface area contributed by atoms with E-state index in [2.05, 4.69) is 9.97 Å². The van der Waals surface area contributed by atoms with E-state index in [-0.39, 0.29) is 23.1 Å². The summed E-state index contributed by atoms with van der Waals surface area (Å²) in [5.41, 5.74) is 4.31. The molecule has 0 aliphatic heterocycles. The number of rotatable bonds is 2. The molecular weight excluding hydrogens is 285 g/mol. The third-order valence-corrected chi connectivity index (χ3v) is 2.46. The number of aromatic nitrogens is 2. The van der Waals surface area contributed by atoms with Crippen LogP contribution in [0.15, 0.2) is 24.3 Å². The number of nitrogen functional groups attached to an aromatic ring is 1. The number of benzene rings is 1. The summed E-state index contributed by atoms with van der Waals surface area (Å²) in [6, 6.07) is 5.86. The van der Waals surface area contributed by atoms with Crippen LogP contribution in [0, 0.1) is 18.3 Å². The van der Waals surface area contributed by atoms with E-state index in [1.807, 2.05) is 0 Å². The van der Waals surface area contributed by atoms with Crippen molar-refractivity contribution in [3.63, 3.8) is 0 Å². The summed E-state index contributed by atoms with van der Waals surface area (Å²) in [6.45, 7) is 1.53. The molecule has 1 aromatic heterocycles. The van der Waals surface area contributed by atoms with Crippen LogP contribution in [0.2, 0.25) is 0 Å². The number of nitrogens with zero attached hydrogens (tertiary/aromatic N) is 3. The van der Waals surface area contributed by atoms with Crippen LogP contribution >= 0.6 is 0 Å². The van der Waals surface area contributed by atoms with Gasteiger partial charge in [0.1, 0.15) is 17.4 Å². The van der Waals surface area contributed by atoms with Crippen LogP contribution < -0.4 is 10.5 Å². The Kier molecular flexibility index (Phi) is 3.67. The fraction of sp³-hybridized carbons (Fsp3) is 0.154. The second kappa shape index (κ2) is 5.28. The highest BCUT2D eigenvalue weighted by molar-refractivity contribution is 5.45. The first kappa shape index (κ1) is 14.6. The number of nitrogens with two attached hydrogens (primary N) is 1. The van der Waals surface area contributed by atoms with Crippen molar-refractivity contribution in [2.75, 3.05) is 5.73 Å². The number of ether oxygens (including phenoxy) is 1. The largest absolute Gasteiger partial charge is 0.438 e. The minimum absolute atomic E-state index is 0.0831. The maximum Gasteiger partial charge on any atom is 0.420 e. The summed E-state index contributed by atoms with van der Waals surface area (Å²) in [6.07, 6.45) is -4.66. The van der Waals surface area contributed by atoms with E-state index in [0.717, 1.165) is 6.07 Å². The van der Waals surface area contributed by atoms with E-state index >= 15 is 0 Å². The first-order chi connectivity index (χ1) is 9.79. The second-order valence-electron chi connectivity index (χ2n) is 4.10. The molecule has 0 amide bonds. The lowest BCUT2D eigenvalue weighted by atomic mass is 10.1. The Morgan fingerprint density at radius 1 is 1.24 bits per heavy atom. The molecule has 2 N–H and O–H groups in total. The van der Waals surface area contributed by atoms with Crippen molar-refractivity contribution >= 4 is 5.82 Å². The smallest absolute Gasteiger partial charge is 0.420 e. The first-order valence-electron chi connectivity index (χ1n) is 5.70. The van der Waals surface area contributed by atoms with Gasteiger partial charge in [0.25, 0.3) is 0 Å². The summed E-state index contributed by atoms with van der Waals surface area (Å²) < 4.78 is 44.1. The van der Waals surface area contributed by atoms with Gasteiger partial charge in [-0.25, -0.2) is 4.98 Å². The van der Waals surface area contributed by atoms with E-state index in [1.54, 1.807) is 6.07 Å². The Morgan fingerprint density at radius 3 is 2.52 bits per heavy atom. The van der Waals surface area contributed by atoms with Crippen LogP contribution in [0.3, 0.4) is 0 Å². The lowest BCUT2D eigenvalue weighted by molar-refractivity contribution is -0.138. The van der Waals surface area contributed by atoms with Gasteiger partial charge in [-0.1, -0.05) is 0 Å². The average molecular weight is 294 g/mol. The Balaban J connectivity index is 2.46. The predicted octanol–water partition coefficient (Wildman–Crippen LogP) is 3.05. The van der Waals surface area contributed by atoms with Gasteiger partial charge in [0.2, 0.25) is 5.88 Å². The topological polar surface area (TPSA) is 84.8 Å². The Bertz CT molecular complexity index is 702. The molecule has 1 heterocycles. The molecule has 8 heteroatoms. The van der Waals surface area contributed by atoms with Gasteiger partial charge in [-0.05, 0) is 25.1 Å². The van der Waals surface area contributed by atoms with Crippen LogP contribution in [0.5, 0.6) is 11.6 Å². The molecule has 0 aliphatic rings. The Labute approximate surface area is 117 Å². The molecule has 0 atom stereocenters. The van der Waals surface area contributed by atoms with Gasteiger partial charge in [0, 0.05) is 6.07 Å². The summed E-state index contributed by atoms with van der Waals surface area (Å²) in [5.74, 6) is -0.207. The number of hydrogen-bond donors (Lipinski definition) is 1. The zero-order valence-electron chi connectivity index (χ0n) is 10.8. The molecule has 0 fully saturated rings. The molecule has 5 nitrogen and oxygen atoms in total. The van der Waals surface area contributed by atoms with Gasteiger partial charge < -0.3 is 10.5 Å². The molecule has 0 bridgehead atoms. The van der Waals surface area contributed by atoms with Crippen molar-refractivity contribution in [1.82, 2.24) is 9.97 Å². The molecule has 0 saturated heterocycles. The molecular formula is C13H9F3N4O. The summed E-state index contributed by atoms with van der Waals surface area (Å²) >= 11 is 0. The van der Waals surface area contributed by atoms with Crippen LogP contribution in [-0.2, 0) is 6.18 Å². The van der Waals surface area contributed by atoms with E-state index < -0.39 is 17.5 Å². The highest BCUT2D eigenvalue weighted by atomic mass is 19.4. The van der Waals surface area contributed by atoms with Crippen molar-refractivity contribution in [3.05, 3.63) is 41.2 Å². The van der Waals surface area contributed by atoms with Crippen LogP contribution in [-0.4, -0.2) is 9.97 Å². The van der Waals surface area contributed by atoms with Gasteiger partial charge in [-0.15, -0.1) is 0 Å². The maximum absolute atomic E-state index is 13.0. The lowest BCUT2D eigenvalue weighted by Gasteiger charge is -2.13. The molecule has 108 valence electrons. The minimum Gasteiger partial charge on any atom is -0.438 e. The molecule has 21 heavy (non-hydrogen) atoms. The molecule has 0 spiro atoms. The molecule has 0 radical (unpaired) electrons. The monoisotopic (exact) mass is 294 g/mol.